The Morgan fingerprint density at radius 2 is 1.18 bits per heavy atom. The summed E-state index contributed by atoms with van der Waals surface area (Å²) >= 11 is 6.22. The van der Waals surface area contributed by atoms with Crippen molar-refractivity contribution in [1.82, 2.24) is 0 Å². The molecule has 3 aliphatic carbocycles. The van der Waals surface area contributed by atoms with Crippen LogP contribution in [0.25, 0.3) is 0 Å². The average molecular weight is 727 g/mol. The summed E-state index contributed by atoms with van der Waals surface area (Å²) in [4.78, 5) is 45.2. The summed E-state index contributed by atoms with van der Waals surface area (Å²) in [7, 11) is 0. The number of aliphatic hydroxyl groups excluding tert-OH is 1. The number of aryl methyl sites for hydroxylation is 3. The van der Waals surface area contributed by atoms with Gasteiger partial charge in [0.15, 0.2) is 0 Å². The van der Waals surface area contributed by atoms with Crippen molar-refractivity contribution in [1.29, 1.82) is 0 Å². The van der Waals surface area contributed by atoms with Gasteiger partial charge in [0, 0.05) is 49.2 Å². The largest absolute Gasteiger partial charge is 0.398 e. The monoisotopic (exact) mass is 725 g/mol. The number of alkyl halides is 2. The number of hydrogen-bond donors (Lipinski definition) is 4. The van der Waals surface area contributed by atoms with Gasteiger partial charge in [0.05, 0.1) is 16.8 Å². The molecule has 0 spiro atoms. The molecule has 0 heterocycles. The van der Waals surface area contributed by atoms with Gasteiger partial charge in [-0.15, -0.1) is 0 Å². The van der Waals surface area contributed by atoms with Gasteiger partial charge in [-0.2, -0.15) is 0 Å². The van der Waals surface area contributed by atoms with E-state index < -0.39 is 0 Å². The minimum Gasteiger partial charge on any atom is -0.398 e. The van der Waals surface area contributed by atoms with Gasteiger partial charge >= 0.3 is 0 Å². The highest BCUT2D eigenvalue weighted by atomic mass is 79.9. The highest BCUT2D eigenvalue weighted by Gasteiger charge is 2.21. The van der Waals surface area contributed by atoms with Crippen LogP contribution in [0, 0.1) is 0 Å². The molecule has 6 rings (SSSR count). The van der Waals surface area contributed by atoms with E-state index in [-0.39, 0.29) is 29.0 Å². The van der Waals surface area contributed by atoms with Crippen LogP contribution in [0.3, 0.4) is 0 Å². The summed E-state index contributed by atoms with van der Waals surface area (Å²) in [6.45, 7) is 0. The number of carbonyl (C=O) groups excluding carboxylic acids is 4. The van der Waals surface area contributed by atoms with Crippen LogP contribution >= 0.6 is 31.9 Å². The molecule has 2 amide bonds. The maximum Gasteiger partial charge on any atom is 0.235 e. The minimum absolute atomic E-state index is 0.0616. The van der Waals surface area contributed by atoms with Crippen LogP contribution in [0.15, 0.2) is 54.6 Å². The van der Waals surface area contributed by atoms with E-state index in [4.69, 9.17) is 5.73 Å². The molecule has 1 unspecified atom stereocenters. The number of nitrogen functional groups attached to an aromatic ring is 1. The van der Waals surface area contributed by atoms with Crippen LogP contribution in [0.4, 0.5) is 17.1 Å². The summed E-state index contributed by atoms with van der Waals surface area (Å²) in [6, 6.07) is 17.5. The molecule has 1 atom stereocenters. The zero-order valence-corrected chi connectivity index (χ0v) is 27.6. The van der Waals surface area contributed by atoms with E-state index in [0.717, 1.165) is 59.4 Å². The molecular weight excluding hydrogens is 690 g/mol. The van der Waals surface area contributed by atoms with E-state index in [0.29, 0.717) is 43.2 Å². The van der Waals surface area contributed by atoms with Gasteiger partial charge in [0.2, 0.25) is 11.8 Å². The third-order valence-electron chi connectivity index (χ3n) is 7.93. The summed E-state index contributed by atoms with van der Waals surface area (Å²) in [5, 5.41) is 15.9. The molecular formula is C34H37Br2N3O5. The lowest BCUT2D eigenvalue weighted by molar-refractivity contribution is -0.119. The number of carbonyl (C=O) groups is 4. The van der Waals surface area contributed by atoms with Gasteiger partial charge in [-0.25, -0.2) is 0 Å². The normalized spacial score (nSPS) is 16.5. The van der Waals surface area contributed by atoms with E-state index in [1.807, 2.05) is 42.5 Å². The number of benzene rings is 3. The predicted molar refractivity (Wildman–Crippen MR) is 181 cm³/mol. The van der Waals surface area contributed by atoms with Crippen LogP contribution in [0.2, 0.25) is 0 Å². The fraction of sp³-hybridized carbons (Fsp3) is 0.353. The van der Waals surface area contributed by atoms with Crippen molar-refractivity contribution in [3.05, 3.63) is 88.0 Å². The Morgan fingerprint density at radius 3 is 1.75 bits per heavy atom. The number of aliphatic hydroxyl groups is 1. The summed E-state index contributed by atoms with van der Waals surface area (Å²) < 4.78 is 0. The molecule has 5 N–H and O–H groups in total. The number of Topliss-reactive ketones (excluding diaryl/α,β-unsaturated/α-hetero) is 2. The van der Waals surface area contributed by atoms with Crippen molar-refractivity contribution >= 4 is 72.3 Å². The predicted octanol–water partition coefficient (Wildman–Crippen LogP) is 5.27. The van der Waals surface area contributed by atoms with Crippen LogP contribution in [-0.2, 0) is 57.7 Å². The number of anilines is 3. The van der Waals surface area contributed by atoms with Gasteiger partial charge < -0.3 is 21.5 Å². The number of ketones is 2. The maximum atomic E-state index is 11.4. The molecule has 0 aliphatic heterocycles. The Labute approximate surface area is 274 Å². The highest BCUT2D eigenvalue weighted by Crippen LogP contribution is 2.29. The zero-order valence-electron chi connectivity index (χ0n) is 24.5. The third-order valence-corrected chi connectivity index (χ3v) is 8.95. The molecule has 8 nitrogen and oxygen atoms in total. The average Bonchev–Trinajstić information content (AvgIpc) is 3.02. The first kappa shape index (κ1) is 33.6. The molecule has 0 aromatic heterocycles. The van der Waals surface area contributed by atoms with Gasteiger partial charge in [0.25, 0.3) is 0 Å². The lowest BCUT2D eigenvalue weighted by atomic mass is 9.88. The first-order chi connectivity index (χ1) is 21.2. The number of nitrogens with two attached hydrogens (primary N) is 1. The van der Waals surface area contributed by atoms with Crippen LogP contribution in [0.1, 0.15) is 52.6 Å². The molecule has 44 heavy (non-hydrogen) atoms. The maximum absolute atomic E-state index is 11.4. The Balaban J connectivity index is 0.000000152. The van der Waals surface area contributed by atoms with Crippen LogP contribution in [0.5, 0.6) is 0 Å². The topological polar surface area (TPSA) is 139 Å². The van der Waals surface area contributed by atoms with Crippen molar-refractivity contribution in [3.63, 3.8) is 0 Å². The number of amides is 2. The first-order valence-electron chi connectivity index (χ1n) is 14.7. The van der Waals surface area contributed by atoms with E-state index >= 15 is 0 Å². The molecule has 10 heteroatoms. The van der Waals surface area contributed by atoms with Gasteiger partial charge in [-0.1, -0.05) is 68.3 Å². The smallest absolute Gasteiger partial charge is 0.235 e. The molecule has 0 saturated carbocycles. The molecule has 3 aliphatic rings. The van der Waals surface area contributed by atoms with Crippen molar-refractivity contribution < 1.29 is 24.3 Å². The van der Waals surface area contributed by atoms with E-state index in [2.05, 4.69) is 54.6 Å². The second-order valence-electron chi connectivity index (χ2n) is 11.1. The number of rotatable bonds is 4. The first-order valence-corrected chi connectivity index (χ1v) is 16.9. The van der Waals surface area contributed by atoms with Crippen LogP contribution < -0.4 is 16.4 Å². The number of hydrogen-bond acceptors (Lipinski definition) is 6. The highest BCUT2D eigenvalue weighted by molar-refractivity contribution is 9.09. The van der Waals surface area contributed by atoms with Crippen molar-refractivity contribution in [2.75, 3.05) is 27.0 Å². The molecule has 0 bridgehead atoms. The molecule has 0 radical (unpaired) electrons. The minimum atomic E-state index is -0.283. The molecule has 0 saturated heterocycles. The second kappa shape index (κ2) is 16.1. The molecule has 232 valence electrons. The zero-order chi connectivity index (χ0) is 31.6. The lowest BCUT2D eigenvalue weighted by Crippen LogP contribution is -2.22. The van der Waals surface area contributed by atoms with Crippen LogP contribution in [-0.4, -0.2) is 45.3 Å². The fourth-order valence-corrected chi connectivity index (χ4v) is 5.95. The van der Waals surface area contributed by atoms with E-state index in [1.165, 1.54) is 16.7 Å². The second-order valence-corrected chi connectivity index (χ2v) is 12.2. The molecule has 3 aromatic carbocycles. The standard InChI is InChI=1S/C12H14BrNO2.C12H12BrNO2.C10H11NO/c2*13-7-12(16)14-11-3-1-2-8-4-5-9(15)6-10(8)11;11-10-3-1-2-7-4-5-8(12)6-9(7)10/h1-3,9,15H,4-7H2,(H,14,16);1-3H,4-7H2,(H,14,16);1-3H,4-6,11H2. The SMILES string of the molecule is Nc1cccc2c1CC(=O)CC2.O=C(CBr)Nc1cccc2c1CC(O)CC2.O=C1CCc2cccc(NC(=O)CBr)c2C1. The number of nitrogens with one attached hydrogen (secondary N) is 2. The van der Waals surface area contributed by atoms with Gasteiger partial charge in [-0.3, -0.25) is 19.2 Å². The summed E-state index contributed by atoms with van der Waals surface area (Å²) in [6.07, 6.45) is 5.95. The van der Waals surface area contributed by atoms with E-state index in [1.54, 1.807) is 0 Å². The summed E-state index contributed by atoms with van der Waals surface area (Å²) in [5.41, 5.74) is 14.9. The number of fused-ring (bicyclic) bond motifs is 3. The Kier molecular flexibility index (Phi) is 12.3. The Morgan fingerprint density at radius 1 is 0.705 bits per heavy atom. The van der Waals surface area contributed by atoms with Gasteiger partial charge in [-0.05, 0) is 77.3 Å². The Bertz CT molecular complexity index is 1540. The molecule has 0 fully saturated rings. The summed E-state index contributed by atoms with van der Waals surface area (Å²) in [5.74, 6) is 0.397. The quantitative estimate of drug-likeness (QED) is 0.214. The lowest BCUT2D eigenvalue weighted by Gasteiger charge is -2.23. The van der Waals surface area contributed by atoms with Crippen molar-refractivity contribution in [3.8, 4) is 0 Å². The van der Waals surface area contributed by atoms with Crippen molar-refractivity contribution in [2.45, 2.75) is 63.9 Å². The Hall–Kier alpha value is -3.34. The third kappa shape index (κ3) is 9.09. The molecule has 3 aromatic rings. The van der Waals surface area contributed by atoms with E-state index in [9.17, 15) is 24.3 Å². The fourth-order valence-electron chi connectivity index (χ4n) is 5.67. The van der Waals surface area contributed by atoms with Gasteiger partial charge in [0.1, 0.15) is 11.6 Å². The van der Waals surface area contributed by atoms with Crippen molar-refractivity contribution in [2.24, 2.45) is 0 Å². The number of halogens is 2.